The maximum Gasteiger partial charge on any atom is 0.294 e. The van der Waals surface area contributed by atoms with Gasteiger partial charge in [0.15, 0.2) is 0 Å². The highest BCUT2D eigenvalue weighted by molar-refractivity contribution is 7.86. The topological polar surface area (TPSA) is 155 Å². The van der Waals surface area contributed by atoms with Crippen molar-refractivity contribution in [2.75, 3.05) is 5.73 Å². The SMILES string of the molecule is Nc1c(-c2cccc(S(=O)(=O)O)c2)ccc2cc(S(=O)(=O)O)cc(O)c12. The minimum atomic E-state index is -4.51. The molecule has 0 spiro atoms. The second kappa shape index (κ2) is 5.95. The number of hydrogen-bond donors (Lipinski definition) is 4. The van der Waals surface area contributed by atoms with Gasteiger partial charge < -0.3 is 10.8 Å². The third kappa shape index (κ3) is 3.22. The molecule has 0 aromatic heterocycles. The van der Waals surface area contributed by atoms with Gasteiger partial charge in [0.1, 0.15) is 5.75 Å². The van der Waals surface area contributed by atoms with Gasteiger partial charge in [0, 0.05) is 17.0 Å². The average molecular weight is 395 g/mol. The summed E-state index contributed by atoms with van der Waals surface area (Å²) in [6.07, 6.45) is 0. The van der Waals surface area contributed by atoms with Crippen molar-refractivity contribution in [1.82, 2.24) is 0 Å². The first-order valence-electron chi connectivity index (χ1n) is 7.09. The molecule has 0 amide bonds. The summed E-state index contributed by atoms with van der Waals surface area (Å²) >= 11 is 0. The number of nitrogen functional groups attached to an aromatic ring is 1. The Hall–Kier alpha value is -2.66. The first-order chi connectivity index (χ1) is 12.0. The molecular weight excluding hydrogens is 382 g/mol. The number of aromatic hydroxyl groups is 1. The number of anilines is 1. The molecule has 3 aromatic rings. The van der Waals surface area contributed by atoms with E-state index in [1.165, 1.54) is 30.3 Å². The monoisotopic (exact) mass is 395 g/mol. The number of fused-ring (bicyclic) bond motifs is 1. The molecule has 8 nitrogen and oxygen atoms in total. The number of nitrogens with two attached hydrogens (primary N) is 1. The van der Waals surface area contributed by atoms with E-state index in [1.807, 2.05) is 0 Å². The van der Waals surface area contributed by atoms with Crippen LogP contribution < -0.4 is 5.73 Å². The van der Waals surface area contributed by atoms with Crippen molar-refractivity contribution in [2.24, 2.45) is 0 Å². The lowest BCUT2D eigenvalue weighted by atomic mass is 9.98. The van der Waals surface area contributed by atoms with Crippen LogP contribution in [0.15, 0.2) is 58.3 Å². The predicted molar refractivity (Wildman–Crippen MR) is 95.1 cm³/mol. The number of phenolic OH excluding ortho intramolecular Hbond substituents is 1. The van der Waals surface area contributed by atoms with E-state index in [-0.39, 0.29) is 21.4 Å². The van der Waals surface area contributed by atoms with Crippen molar-refractivity contribution in [1.29, 1.82) is 0 Å². The van der Waals surface area contributed by atoms with E-state index in [0.29, 0.717) is 11.1 Å². The van der Waals surface area contributed by atoms with Crippen molar-refractivity contribution >= 4 is 36.7 Å². The van der Waals surface area contributed by atoms with Gasteiger partial charge in [-0.25, -0.2) is 0 Å². The molecule has 3 rings (SSSR count). The number of hydrogen-bond acceptors (Lipinski definition) is 6. The lowest BCUT2D eigenvalue weighted by molar-refractivity contribution is 0.471. The number of benzene rings is 3. The summed E-state index contributed by atoms with van der Waals surface area (Å²) in [5.41, 5.74) is 6.91. The third-order valence-corrected chi connectivity index (χ3v) is 5.53. The van der Waals surface area contributed by atoms with E-state index in [9.17, 15) is 26.5 Å². The van der Waals surface area contributed by atoms with Crippen LogP contribution in [0.1, 0.15) is 0 Å². The Labute approximate surface area is 149 Å². The number of phenols is 1. The van der Waals surface area contributed by atoms with Gasteiger partial charge >= 0.3 is 0 Å². The zero-order chi connectivity index (χ0) is 19.3. The Kier molecular flexibility index (Phi) is 4.15. The molecule has 0 radical (unpaired) electrons. The van der Waals surface area contributed by atoms with Crippen LogP contribution in [0.3, 0.4) is 0 Å². The minimum Gasteiger partial charge on any atom is -0.507 e. The van der Waals surface area contributed by atoms with Crippen LogP contribution >= 0.6 is 0 Å². The smallest absolute Gasteiger partial charge is 0.294 e. The fourth-order valence-corrected chi connectivity index (χ4v) is 3.73. The zero-order valence-corrected chi connectivity index (χ0v) is 14.6. The summed E-state index contributed by atoms with van der Waals surface area (Å²) < 4.78 is 63.4. The lowest BCUT2D eigenvalue weighted by Crippen LogP contribution is -2.00. The van der Waals surface area contributed by atoms with Crippen molar-refractivity contribution < 1.29 is 31.0 Å². The molecule has 0 unspecified atom stereocenters. The molecule has 0 saturated heterocycles. The van der Waals surface area contributed by atoms with Gasteiger partial charge in [0.25, 0.3) is 20.2 Å². The predicted octanol–water partition coefficient (Wildman–Crippen LogP) is 2.29. The van der Waals surface area contributed by atoms with E-state index >= 15 is 0 Å². The van der Waals surface area contributed by atoms with Crippen molar-refractivity contribution in [2.45, 2.75) is 9.79 Å². The fraction of sp³-hybridized carbons (Fsp3) is 0. The average Bonchev–Trinajstić information content (AvgIpc) is 2.53. The summed E-state index contributed by atoms with van der Waals surface area (Å²) in [6.45, 7) is 0. The zero-order valence-electron chi connectivity index (χ0n) is 13.0. The van der Waals surface area contributed by atoms with Gasteiger partial charge in [0.05, 0.1) is 15.5 Å². The van der Waals surface area contributed by atoms with Crippen molar-refractivity contribution in [3.63, 3.8) is 0 Å². The fourth-order valence-electron chi connectivity index (χ4n) is 2.67. The summed E-state index contributed by atoms with van der Waals surface area (Å²) in [7, 11) is -8.91. The van der Waals surface area contributed by atoms with E-state index in [1.54, 1.807) is 6.07 Å². The highest BCUT2D eigenvalue weighted by Crippen LogP contribution is 2.39. The van der Waals surface area contributed by atoms with Gasteiger partial charge in [-0.05, 0) is 29.1 Å². The van der Waals surface area contributed by atoms with Crippen LogP contribution in [-0.4, -0.2) is 31.0 Å². The largest absolute Gasteiger partial charge is 0.507 e. The molecule has 0 heterocycles. The molecule has 0 bridgehead atoms. The summed E-state index contributed by atoms with van der Waals surface area (Å²) in [5, 5.41) is 10.6. The first-order valence-corrected chi connectivity index (χ1v) is 9.97. The van der Waals surface area contributed by atoms with Crippen LogP contribution in [0.4, 0.5) is 5.69 Å². The van der Waals surface area contributed by atoms with Gasteiger partial charge in [-0.1, -0.05) is 24.3 Å². The summed E-state index contributed by atoms with van der Waals surface area (Å²) in [5.74, 6) is -0.458. The number of rotatable bonds is 3. The molecule has 0 fully saturated rings. The van der Waals surface area contributed by atoms with Crippen LogP contribution in [0, 0.1) is 0 Å². The molecule has 10 heteroatoms. The highest BCUT2D eigenvalue weighted by Gasteiger charge is 2.17. The normalized spacial score (nSPS) is 12.4. The van der Waals surface area contributed by atoms with Crippen molar-refractivity contribution in [3.05, 3.63) is 48.5 Å². The Balaban J connectivity index is 2.28. The highest BCUT2D eigenvalue weighted by atomic mass is 32.2. The molecule has 3 aromatic carbocycles. The first kappa shape index (κ1) is 18.1. The Morgan fingerprint density at radius 3 is 2.08 bits per heavy atom. The maximum atomic E-state index is 11.3. The molecule has 0 atom stereocenters. The Morgan fingerprint density at radius 2 is 1.46 bits per heavy atom. The molecule has 26 heavy (non-hydrogen) atoms. The van der Waals surface area contributed by atoms with Gasteiger partial charge in [-0.3, -0.25) is 9.11 Å². The van der Waals surface area contributed by atoms with Gasteiger partial charge in [0.2, 0.25) is 0 Å². The molecule has 136 valence electrons. The summed E-state index contributed by atoms with van der Waals surface area (Å²) in [4.78, 5) is -0.802. The molecule has 0 saturated carbocycles. The van der Waals surface area contributed by atoms with E-state index < -0.39 is 30.9 Å². The van der Waals surface area contributed by atoms with Crippen LogP contribution in [0.2, 0.25) is 0 Å². The molecule has 5 N–H and O–H groups in total. The minimum absolute atomic E-state index is 0.0781. The van der Waals surface area contributed by atoms with Crippen molar-refractivity contribution in [3.8, 4) is 16.9 Å². The van der Waals surface area contributed by atoms with Crippen LogP contribution in [-0.2, 0) is 20.2 Å². The third-order valence-electron chi connectivity index (χ3n) is 3.85. The van der Waals surface area contributed by atoms with Gasteiger partial charge in [-0.2, -0.15) is 16.8 Å². The van der Waals surface area contributed by atoms with Crippen LogP contribution in [0.5, 0.6) is 5.75 Å². The lowest BCUT2D eigenvalue weighted by Gasteiger charge is -2.12. The second-order valence-corrected chi connectivity index (χ2v) is 8.39. The molecule has 0 aliphatic heterocycles. The molecule has 0 aliphatic rings. The molecular formula is C16H13NO7S2. The van der Waals surface area contributed by atoms with E-state index in [2.05, 4.69) is 0 Å². The second-order valence-electron chi connectivity index (χ2n) is 5.55. The Bertz CT molecular complexity index is 1250. The van der Waals surface area contributed by atoms with E-state index in [4.69, 9.17) is 10.3 Å². The quantitative estimate of drug-likeness (QED) is 0.389. The Morgan fingerprint density at radius 1 is 0.808 bits per heavy atom. The van der Waals surface area contributed by atoms with Crippen LogP contribution in [0.25, 0.3) is 21.9 Å². The van der Waals surface area contributed by atoms with Gasteiger partial charge in [-0.15, -0.1) is 0 Å². The molecule has 0 aliphatic carbocycles. The standard InChI is InChI=1S/C16H13NO7S2/c17-16-13(9-2-1-3-11(6-9)25(19,20)21)5-4-10-7-12(26(22,23)24)8-14(18)15(10)16/h1-8,18H,17H2,(H,19,20,21)(H,22,23,24). The van der Waals surface area contributed by atoms with E-state index in [0.717, 1.165) is 12.1 Å². The maximum absolute atomic E-state index is 11.3. The summed E-state index contributed by atoms with van der Waals surface area (Å²) in [6, 6.07) is 10.4.